The van der Waals surface area contributed by atoms with Crippen LogP contribution in [0.1, 0.15) is 65.1 Å². The Balaban J connectivity index is 1.14. The first-order chi connectivity index (χ1) is 25.1. The Morgan fingerprint density at radius 2 is 1.47 bits per heavy atom. The van der Waals surface area contributed by atoms with Crippen molar-refractivity contribution in [3.8, 4) is 11.1 Å². The topological polar surface area (TPSA) is 13.1 Å². The molecule has 0 radical (unpaired) electrons. The minimum Gasteiger partial charge on any atom is -0.455 e. The van der Waals surface area contributed by atoms with Crippen molar-refractivity contribution < 1.29 is 4.42 Å². The van der Waals surface area contributed by atoms with E-state index in [0.29, 0.717) is 11.8 Å². The van der Waals surface area contributed by atoms with Gasteiger partial charge in [-0.1, -0.05) is 153 Å². The van der Waals surface area contributed by atoms with E-state index in [1.165, 1.54) is 77.6 Å². The SMILES string of the molecule is CC1C=CC(c2cccc(C3=C4C=CC=CC4C(c4cccc(-c5c6c(cc7c5oc5ccccc57)CC(C)C=C6)c4)c4ccccc43)c2)=CC1. The molecule has 0 spiro atoms. The van der Waals surface area contributed by atoms with Crippen LogP contribution in [-0.4, -0.2) is 0 Å². The molecule has 246 valence electrons. The lowest BCUT2D eigenvalue weighted by Gasteiger charge is -2.37. The highest BCUT2D eigenvalue weighted by Crippen LogP contribution is 2.51. The molecule has 1 nitrogen and oxygen atoms in total. The highest BCUT2D eigenvalue weighted by atomic mass is 16.3. The second-order valence-electron chi connectivity index (χ2n) is 14.9. The van der Waals surface area contributed by atoms with E-state index < -0.39 is 0 Å². The third-order valence-electron chi connectivity index (χ3n) is 11.5. The van der Waals surface area contributed by atoms with Crippen LogP contribution in [0.4, 0.5) is 0 Å². The molecule has 1 aromatic heterocycles. The summed E-state index contributed by atoms with van der Waals surface area (Å²) in [5.41, 5.74) is 17.7. The molecule has 4 unspecified atom stereocenters. The van der Waals surface area contributed by atoms with Crippen LogP contribution in [0, 0.1) is 17.8 Å². The first-order valence-corrected chi connectivity index (χ1v) is 18.5. The van der Waals surface area contributed by atoms with E-state index in [2.05, 4.69) is 172 Å². The summed E-state index contributed by atoms with van der Waals surface area (Å²) in [4.78, 5) is 0. The smallest absolute Gasteiger partial charge is 0.143 e. The molecular weight excluding hydrogens is 617 g/mol. The minimum atomic E-state index is 0.177. The van der Waals surface area contributed by atoms with E-state index in [0.717, 1.165) is 24.0 Å². The number of allylic oxidation sites excluding steroid dienone is 10. The van der Waals surface area contributed by atoms with E-state index in [-0.39, 0.29) is 11.8 Å². The molecule has 51 heavy (non-hydrogen) atoms. The molecule has 6 aromatic rings. The normalized spacial score (nSPS) is 21.9. The largest absolute Gasteiger partial charge is 0.455 e. The van der Waals surface area contributed by atoms with Gasteiger partial charge in [-0.2, -0.15) is 0 Å². The number of hydrogen-bond acceptors (Lipinski definition) is 1. The Kier molecular flexibility index (Phi) is 7.10. The van der Waals surface area contributed by atoms with Gasteiger partial charge in [-0.3, -0.25) is 0 Å². The van der Waals surface area contributed by atoms with Gasteiger partial charge in [0.1, 0.15) is 11.2 Å². The van der Waals surface area contributed by atoms with E-state index in [4.69, 9.17) is 4.42 Å². The van der Waals surface area contributed by atoms with Crippen LogP contribution in [0.15, 0.2) is 162 Å². The fraction of sp³-hybridized carbons (Fsp3) is 0.160. The summed E-state index contributed by atoms with van der Waals surface area (Å²) in [7, 11) is 0. The summed E-state index contributed by atoms with van der Waals surface area (Å²) in [6.07, 6.45) is 23.1. The van der Waals surface area contributed by atoms with Crippen molar-refractivity contribution in [2.45, 2.75) is 32.6 Å². The second kappa shape index (κ2) is 12.0. The van der Waals surface area contributed by atoms with Crippen molar-refractivity contribution in [1.82, 2.24) is 0 Å². The zero-order chi connectivity index (χ0) is 34.1. The fourth-order valence-corrected chi connectivity index (χ4v) is 9.09. The number of rotatable bonds is 4. The zero-order valence-corrected chi connectivity index (χ0v) is 29.1. The molecule has 0 fully saturated rings. The molecule has 4 aliphatic rings. The number of hydrogen-bond donors (Lipinski definition) is 0. The molecule has 0 aliphatic heterocycles. The zero-order valence-electron chi connectivity index (χ0n) is 29.1. The summed E-state index contributed by atoms with van der Waals surface area (Å²) in [6.45, 7) is 4.59. The lowest BCUT2D eigenvalue weighted by Crippen LogP contribution is -2.23. The van der Waals surface area contributed by atoms with Gasteiger partial charge in [0, 0.05) is 28.2 Å². The van der Waals surface area contributed by atoms with Gasteiger partial charge in [0.05, 0.1) is 0 Å². The van der Waals surface area contributed by atoms with Crippen molar-refractivity contribution in [2.75, 3.05) is 0 Å². The van der Waals surface area contributed by atoms with Crippen molar-refractivity contribution in [3.63, 3.8) is 0 Å². The van der Waals surface area contributed by atoms with Gasteiger partial charge in [-0.25, -0.2) is 0 Å². The standard InChI is InChI=1S/C50H40O/c1-31-21-24-33(25-22-31)34-11-9-12-35(28-34)47-41-16-3-5-18-43(41)48(44-19-6-4-17-42(44)47)36-13-10-14-37(29-36)49-39-26-23-32(2)27-38(39)30-45-40-15-7-8-20-46(40)51-50(45)49/h3-21,23-26,28-32,43,48H,22,27H2,1-2H3. The number of para-hydroxylation sites is 1. The maximum atomic E-state index is 6.71. The summed E-state index contributed by atoms with van der Waals surface area (Å²) < 4.78 is 6.71. The molecule has 4 atom stereocenters. The van der Waals surface area contributed by atoms with Gasteiger partial charge < -0.3 is 4.42 Å². The van der Waals surface area contributed by atoms with Gasteiger partial charge in [0.25, 0.3) is 0 Å². The van der Waals surface area contributed by atoms with Crippen molar-refractivity contribution in [2.24, 2.45) is 17.8 Å². The van der Waals surface area contributed by atoms with E-state index in [1.807, 2.05) is 0 Å². The molecule has 1 heterocycles. The van der Waals surface area contributed by atoms with Gasteiger partial charge in [0.2, 0.25) is 0 Å². The number of benzene rings is 5. The van der Waals surface area contributed by atoms with E-state index >= 15 is 0 Å². The average Bonchev–Trinajstić information content (AvgIpc) is 3.54. The van der Waals surface area contributed by atoms with Crippen molar-refractivity contribution in [1.29, 1.82) is 0 Å². The molecular formula is C50H40O. The van der Waals surface area contributed by atoms with Gasteiger partial charge >= 0.3 is 0 Å². The molecule has 0 saturated carbocycles. The molecule has 0 bridgehead atoms. The van der Waals surface area contributed by atoms with Crippen LogP contribution < -0.4 is 0 Å². The molecule has 10 rings (SSSR count). The van der Waals surface area contributed by atoms with Gasteiger partial charge in [-0.05, 0) is 104 Å². The Hall–Kier alpha value is -5.66. The summed E-state index contributed by atoms with van der Waals surface area (Å²) >= 11 is 0. The number of fused-ring (bicyclic) bond motifs is 6. The highest BCUT2D eigenvalue weighted by Gasteiger charge is 2.36. The van der Waals surface area contributed by atoms with Gasteiger partial charge in [-0.15, -0.1) is 0 Å². The Morgan fingerprint density at radius 3 is 2.39 bits per heavy atom. The van der Waals surface area contributed by atoms with Crippen LogP contribution >= 0.6 is 0 Å². The Labute approximate surface area is 300 Å². The Morgan fingerprint density at radius 1 is 0.647 bits per heavy atom. The maximum Gasteiger partial charge on any atom is 0.143 e. The van der Waals surface area contributed by atoms with Crippen LogP contribution in [-0.2, 0) is 6.42 Å². The lowest BCUT2D eigenvalue weighted by molar-refractivity contribution is 0.649. The highest BCUT2D eigenvalue weighted by molar-refractivity contribution is 6.12. The molecule has 0 N–H and O–H groups in total. The minimum absolute atomic E-state index is 0.177. The monoisotopic (exact) mass is 656 g/mol. The van der Waals surface area contributed by atoms with Crippen LogP contribution in [0.5, 0.6) is 0 Å². The van der Waals surface area contributed by atoms with Crippen molar-refractivity contribution >= 4 is 39.2 Å². The third-order valence-corrected chi connectivity index (χ3v) is 11.5. The fourth-order valence-electron chi connectivity index (χ4n) is 9.09. The molecule has 0 saturated heterocycles. The summed E-state index contributed by atoms with van der Waals surface area (Å²) in [5.74, 6) is 1.50. The molecule has 5 aromatic carbocycles. The van der Waals surface area contributed by atoms with Gasteiger partial charge in [0.15, 0.2) is 0 Å². The van der Waals surface area contributed by atoms with Crippen molar-refractivity contribution in [3.05, 3.63) is 196 Å². The van der Waals surface area contributed by atoms with Crippen LogP contribution in [0.2, 0.25) is 0 Å². The quantitative estimate of drug-likeness (QED) is 0.184. The molecule has 4 aliphatic carbocycles. The summed E-state index contributed by atoms with van der Waals surface area (Å²) in [5, 5.41) is 2.40. The van der Waals surface area contributed by atoms with E-state index in [1.54, 1.807) is 0 Å². The lowest BCUT2D eigenvalue weighted by atomic mass is 9.66. The second-order valence-corrected chi connectivity index (χ2v) is 14.9. The Bertz CT molecular complexity index is 2580. The number of furan rings is 1. The summed E-state index contributed by atoms with van der Waals surface area (Å²) in [6, 6.07) is 38.5. The maximum absolute atomic E-state index is 6.71. The average molecular weight is 657 g/mol. The predicted octanol–water partition coefficient (Wildman–Crippen LogP) is 13.1. The van der Waals surface area contributed by atoms with Crippen LogP contribution in [0.25, 0.3) is 50.3 Å². The van der Waals surface area contributed by atoms with Crippen LogP contribution in [0.3, 0.4) is 0 Å². The molecule has 0 amide bonds. The van der Waals surface area contributed by atoms with E-state index in [9.17, 15) is 0 Å². The predicted molar refractivity (Wildman–Crippen MR) is 214 cm³/mol. The first-order valence-electron chi connectivity index (χ1n) is 18.5. The first kappa shape index (κ1) is 30.2. The molecule has 1 heteroatoms. The third kappa shape index (κ3) is 4.98.